The zero-order chi connectivity index (χ0) is 21.0. The van der Waals surface area contributed by atoms with Crippen molar-refractivity contribution >= 4 is 27.3 Å². The van der Waals surface area contributed by atoms with Gasteiger partial charge < -0.3 is 15.4 Å². The number of amides is 1. The minimum absolute atomic E-state index is 0.233. The van der Waals surface area contributed by atoms with Crippen LogP contribution in [-0.4, -0.2) is 44.9 Å². The fraction of sp³-hybridized carbons (Fsp3) is 0.381. The van der Waals surface area contributed by atoms with Gasteiger partial charge in [-0.25, -0.2) is 8.42 Å². The van der Waals surface area contributed by atoms with Crippen molar-refractivity contribution < 1.29 is 17.9 Å². The molecule has 2 N–H and O–H groups in total. The summed E-state index contributed by atoms with van der Waals surface area (Å²) >= 11 is 0. The molecule has 1 amide bonds. The highest BCUT2D eigenvalue weighted by atomic mass is 32.2. The average Bonchev–Trinajstić information content (AvgIpc) is 3.24. The molecular weight excluding hydrogens is 390 g/mol. The van der Waals surface area contributed by atoms with Crippen LogP contribution in [-0.2, 0) is 14.8 Å². The number of sulfonamides is 1. The van der Waals surface area contributed by atoms with Gasteiger partial charge in [0, 0.05) is 18.8 Å². The van der Waals surface area contributed by atoms with Gasteiger partial charge in [-0.1, -0.05) is 6.07 Å². The smallest absolute Gasteiger partial charge is 0.246 e. The second kappa shape index (κ2) is 8.84. The number of ether oxygens (including phenoxy) is 1. The van der Waals surface area contributed by atoms with E-state index in [0.29, 0.717) is 24.5 Å². The Kier molecular flexibility index (Phi) is 6.44. The monoisotopic (exact) mass is 417 g/mol. The van der Waals surface area contributed by atoms with Crippen molar-refractivity contribution in [2.45, 2.75) is 37.6 Å². The Morgan fingerprint density at radius 1 is 1.10 bits per heavy atom. The van der Waals surface area contributed by atoms with E-state index in [0.717, 1.165) is 24.1 Å². The molecule has 1 heterocycles. The number of benzene rings is 2. The Balaban J connectivity index is 1.65. The number of hydrogen-bond acceptors (Lipinski definition) is 5. The second-order valence-electron chi connectivity index (χ2n) is 7.19. The molecular formula is C21H27N3O4S. The minimum Gasteiger partial charge on any atom is -0.495 e. The molecule has 3 rings (SSSR count). The molecule has 8 heteroatoms. The highest BCUT2D eigenvalue weighted by Crippen LogP contribution is 2.26. The predicted molar refractivity (Wildman–Crippen MR) is 114 cm³/mol. The molecule has 1 saturated heterocycles. The Labute approximate surface area is 172 Å². The number of anilines is 2. The van der Waals surface area contributed by atoms with Crippen molar-refractivity contribution in [2.75, 3.05) is 30.8 Å². The third-order valence-corrected chi connectivity index (χ3v) is 6.86. The van der Waals surface area contributed by atoms with Crippen LogP contribution < -0.4 is 15.4 Å². The van der Waals surface area contributed by atoms with Gasteiger partial charge in [0.05, 0.1) is 17.7 Å². The molecule has 0 unspecified atom stereocenters. The van der Waals surface area contributed by atoms with Crippen LogP contribution in [0.25, 0.3) is 0 Å². The van der Waals surface area contributed by atoms with Crippen molar-refractivity contribution in [1.82, 2.24) is 4.31 Å². The quantitative estimate of drug-likeness (QED) is 0.722. The number of hydrogen-bond donors (Lipinski definition) is 2. The van der Waals surface area contributed by atoms with Crippen LogP contribution in [0.15, 0.2) is 47.4 Å². The molecule has 0 aliphatic carbocycles. The van der Waals surface area contributed by atoms with Crippen LogP contribution in [0.3, 0.4) is 0 Å². The molecule has 1 atom stereocenters. The third-order valence-electron chi connectivity index (χ3n) is 4.94. The normalized spacial score (nSPS) is 15.7. The van der Waals surface area contributed by atoms with Crippen LogP contribution in [0.5, 0.6) is 5.75 Å². The molecule has 1 aliphatic rings. The first-order valence-corrected chi connectivity index (χ1v) is 11.1. The number of nitrogens with one attached hydrogen (secondary N) is 2. The van der Waals surface area contributed by atoms with Gasteiger partial charge in [0.1, 0.15) is 11.8 Å². The van der Waals surface area contributed by atoms with Crippen molar-refractivity contribution in [3.05, 3.63) is 48.0 Å². The topological polar surface area (TPSA) is 87.7 Å². The number of rotatable bonds is 7. The summed E-state index contributed by atoms with van der Waals surface area (Å²) in [7, 11) is -1.88. The van der Waals surface area contributed by atoms with Crippen LogP contribution in [0.1, 0.15) is 25.3 Å². The summed E-state index contributed by atoms with van der Waals surface area (Å²) in [6.07, 6.45) is 1.79. The molecule has 0 saturated carbocycles. The summed E-state index contributed by atoms with van der Waals surface area (Å²) in [6, 6.07) is 11.5. The molecule has 0 aromatic heterocycles. The summed E-state index contributed by atoms with van der Waals surface area (Å²) < 4.78 is 32.0. The lowest BCUT2D eigenvalue weighted by Gasteiger charge is -2.18. The number of methoxy groups -OCH3 is 1. The van der Waals surface area contributed by atoms with Crippen LogP contribution in [0.2, 0.25) is 0 Å². The molecule has 7 nitrogen and oxygen atoms in total. The van der Waals surface area contributed by atoms with Gasteiger partial charge in [0.25, 0.3) is 0 Å². The first-order valence-electron chi connectivity index (χ1n) is 9.63. The van der Waals surface area contributed by atoms with E-state index in [1.54, 1.807) is 26.2 Å². The molecule has 156 valence electrons. The van der Waals surface area contributed by atoms with Gasteiger partial charge >= 0.3 is 0 Å². The Morgan fingerprint density at radius 2 is 1.76 bits per heavy atom. The Hall–Kier alpha value is -2.58. The number of nitrogens with zero attached hydrogens (tertiary/aromatic N) is 1. The van der Waals surface area contributed by atoms with E-state index in [-0.39, 0.29) is 10.8 Å². The van der Waals surface area contributed by atoms with Crippen molar-refractivity contribution in [2.24, 2.45) is 0 Å². The highest BCUT2D eigenvalue weighted by Gasteiger charge is 2.27. The Bertz CT molecular complexity index is 968. The van der Waals surface area contributed by atoms with Crippen molar-refractivity contribution in [3.63, 3.8) is 0 Å². The maximum absolute atomic E-state index is 12.6. The van der Waals surface area contributed by atoms with E-state index in [9.17, 15) is 13.2 Å². The molecule has 2 aromatic carbocycles. The largest absolute Gasteiger partial charge is 0.495 e. The average molecular weight is 418 g/mol. The van der Waals surface area contributed by atoms with Gasteiger partial charge in [-0.05, 0) is 68.7 Å². The summed E-state index contributed by atoms with van der Waals surface area (Å²) in [5, 5.41) is 5.97. The minimum atomic E-state index is -3.46. The van der Waals surface area contributed by atoms with E-state index in [2.05, 4.69) is 10.6 Å². The van der Waals surface area contributed by atoms with Gasteiger partial charge in [0.2, 0.25) is 15.9 Å². The van der Waals surface area contributed by atoms with E-state index < -0.39 is 16.1 Å². The lowest BCUT2D eigenvalue weighted by atomic mass is 10.2. The summed E-state index contributed by atoms with van der Waals surface area (Å²) in [5.74, 6) is 0.426. The number of aryl methyl sites for hydroxylation is 1. The van der Waals surface area contributed by atoms with Gasteiger partial charge in [-0.2, -0.15) is 4.31 Å². The molecule has 29 heavy (non-hydrogen) atoms. The van der Waals surface area contributed by atoms with Crippen LogP contribution in [0, 0.1) is 6.92 Å². The van der Waals surface area contributed by atoms with E-state index in [1.807, 2.05) is 25.1 Å². The Morgan fingerprint density at radius 3 is 2.38 bits per heavy atom. The molecule has 2 aromatic rings. The molecule has 1 aliphatic heterocycles. The van der Waals surface area contributed by atoms with Gasteiger partial charge in [0.15, 0.2) is 0 Å². The maximum atomic E-state index is 12.6. The van der Waals surface area contributed by atoms with E-state index in [4.69, 9.17) is 4.74 Å². The van der Waals surface area contributed by atoms with Crippen molar-refractivity contribution in [1.29, 1.82) is 0 Å². The molecule has 0 spiro atoms. The van der Waals surface area contributed by atoms with E-state index in [1.165, 1.54) is 16.4 Å². The van der Waals surface area contributed by atoms with Gasteiger partial charge in [-0.15, -0.1) is 0 Å². The zero-order valence-electron chi connectivity index (χ0n) is 16.9. The number of carbonyl (C=O) groups is 1. The highest BCUT2D eigenvalue weighted by molar-refractivity contribution is 7.89. The fourth-order valence-electron chi connectivity index (χ4n) is 3.27. The molecule has 0 bridgehead atoms. The molecule has 1 fully saturated rings. The lowest BCUT2D eigenvalue weighted by Crippen LogP contribution is -2.32. The van der Waals surface area contributed by atoms with Crippen molar-refractivity contribution in [3.8, 4) is 5.75 Å². The standard InChI is InChI=1S/C21H27N3O4S/c1-15-6-11-20(28-3)19(14-15)22-16(2)21(25)23-17-7-9-18(10-8-17)29(26,27)24-12-4-5-13-24/h6-11,14,16,22H,4-5,12-13H2,1-3H3,(H,23,25)/t16-/m0/s1. The van der Waals surface area contributed by atoms with Crippen LogP contribution >= 0.6 is 0 Å². The van der Waals surface area contributed by atoms with Gasteiger partial charge in [-0.3, -0.25) is 4.79 Å². The first-order chi connectivity index (χ1) is 13.8. The zero-order valence-corrected chi connectivity index (χ0v) is 17.8. The first kappa shape index (κ1) is 21.1. The summed E-state index contributed by atoms with van der Waals surface area (Å²) in [4.78, 5) is 12.8. The second-order valence-corrected chi connectivity index (χ2v) is 9.13. The number of carbonyl (C=O) groups excluding carboxylic acids is 1. The third kappa shape index (κ3) is 4.89. The fourth-order valence-corrected chi connectivity index (χ4v) is 4.79. The maximum Gasteiger partial charge on any atom is 0.246 e. The lowest BCUT2D eigenvalue weighted by molar-refractivity contribution is -0.116. The molecule has 0 radical (unpaired) electrons. The van der Waals surface area contributed by atoms with Crippen LogP contribution in [0.4, 0.5) is 11.4 Å². The SMILES string of the molecule is COc1ccc(C)cc1N[C@@H](C)C(=O)Nc1ccc(S(=O)(=O)N2CCCC2)cc1. The summed E-state index contributed by atoms with van der Waals surface area (Å²) in [5.41, 5.74) is 2.33. The predicted octanol–water partition coefficient (Wildman–Crippen LogP) is 3.23. The summed E-state index contributed by atoms with van der Waals surface area (Å²) in [6.45, 7) is 4.84. The van der Waals surface area contributed by atoms with E-state index >= 15 is 0 Å².